The zero-order valence-corrected chi connectivity index (χ0v) is 43.7. The number of esters is 1. The van der Waals surface area contributed by atoms with E-state index >= 15 is 0 Å². The van der Waals surface area contributed by atoms with Crippen molar-refractivity contribution in [2.75, 3.05) is 13.2 Å². The van der Waals surface area contributed by atoms with Crippen LogP contribution in [0.25, 0.3) is 0 Å². The summed E-state index contributed by atoms with van der Waals surface area (Å²) >= 11 is 0. The fourth-order valence-electron chi connectivity index (χ4n) is 9.03. The lowest BCUT2D eigenvalue weighted by atomic mass is 10.0. The van der Waals surface area contributed by atoms with Crippen molar-refractivity contribution in [1.29, 1.82) is 0 Å². The van der Waals surface area contributed by atoms with Gasteiger partial charge in [-0.25, -0.2) is 0 Å². The normalized spacial score (nSPS) is 12.7. The minimum absolute atomic E-state index is 0.00769. The van der Waals surface area contributed by atoms with Crippen LogP contribution < -0.4 is 5.32 Å². The Hall–Kier alpha value is -1.66. The molecule has 0 radical (unpaired) electrons. The van der Waals surface area contributed by atoms with Crippen LogP contribution in [-0.4, -0.2) is 47.4 Å². The molecule has 3 N–H and O–H groups in total. The predicted molar refractivity (Wildman–Crippen MR) is 283 cm³/mol. The predicted octanol–water partition coefficient (Wildman–Crippen LogP) is 17.9. The first kappa shape index (κ1) is 63.3. The van der Waals surface area contributed by atoms with E-state index in [0.717, 1.165) is 51.4 Å². The summed E-state index contributed by atoms with van der Waals surface area (Å²) in [6.45, 7) is 4.89. The number of hydrogen-bond acceptors (Lipinski definition) is 5. The van der Waals surface area contributed by atoms with Crippen LogP contribution in [0.4, 0.5) is 0 Å². The third-order valence-corrected chi connectivity index (χ3v) is 13.5. The fourth-order valence-corrected chi connectivity index (χ4v) is 9.03. The van der Waals surface area contributed by atoms with E-state index in [1.807, 2.05) is 0 Å². The van der Waals surface area contributed by atoms with E-state index in [0.29, 0.717) is 25.9 Å². The number of aliphatic hydroxyl groups excluding tert-OH is 2. The van der Waals surface area contributed by atoms with Gasteiger partial charge in [-0.1, -0.05) is 276 Å². The topological polar surface area (TPSA) is 95.9 Å². The molecular weight excluding hydrogens is 803 g/mol. The van der Waals surface area contributed by atoms with E-state index in [2.05, 4.69) is 43.5 Å². The van der Waals surface area contributed by atoms with Gasteiger partial charge in [0.2, 0.25) is 5.91 Å². The van der Waals surface area contributed by atoms with Gasteiger partial charge in [0.25, 0.3) is 0 Å². The molecule has 0 saturated carbocycles. The molecule has 1 amide bonds. The standard InChI is InChI=1S/C59H113NO5/c1-3-5-7-9-11-13-15-17-18-21-24-28-31-35-39-43-47-51-57(62)56(55-61)60-58(63)52-48-44-40-36-32-29-25-22-19-20-23-26-30-34-38-42-46-50-54-65-59(64)53-49-45-41-37-33-27-16-14-12-10-8-6-4-2/h8,10,14,16,56-57,61-62H,3-7,9,11-13,15,17-55H2,1-2H3,(H,60,63)/b10-8-,16-14-. The van der Waals surface area contributed by atoms with Gasteiger partial charge in [-0.2, -0.15) is 0 Å². The molecule has 384 valence electrons. The quantitative estimate of drug-likeness (QED) is 0.0321. The van der Waals surface area contributed by atoms with Crippen LogP contribution in [-0.2, 0) is 14.3 Å². The van der Waals surface area contributed by atoms with Gasteiger partial charge in [-0.05, 0) is 51.4 Å². The second-order valence-corrected chi connectivity index (χ2v) is 20.0. The number of allylic oxidation sites excluding steroid dienone is 4. The highest BCUT2D eigenvalue weighted by molar-refractivity contribution is 5.76. The number of hydrogen-bond donors (Lipinski definition) is 3. The molecule has 0 aromatic rings. The van der Waals surface area contributed by atoms with E-state index in [-0.39, 0.29) is 18.5 Å². The van der Waals surface area contributed by atoms with Crippen LogP contribution >= 0.6 is 0 Å². The molecule has 0 bridgehead atoms. The highest BCUT2D eigenvalue weighted by Crippen LogP contribution is 2.18. The van der Waals surface area contributed by atoms with Gasteiger partial charge in [0.05, 0.1) is 25.4 Å². The third kappa shape index (κ3) is 51.6. The summed E-state index contributed by atoms with van der Waals surface area (Å²) in [5.74, 6) is -0.0450. The van der Waals surface area contributed by atoms with Crippen LogP contribution in [0.5, 0.6) is 0 Å². The van der Waals surface area contributed by atoms with E-state index in [4.69, 9.17) is 4.74 Å². The second kappa shape index (κ2) is 54.9. The number of rotatable bonds is 54. The number of nitrogens with one attached hydrogen (secondary N) is 1. The molecule has 0 aliphatic rings. The molecule has 2 unspecified atom stereocenters. The molecule has 0 aromatic heterocycles. The highest BCUT2D eigenvalue weighted by atomic mass is 16.5. The number of ether oxygens (including phenoxy) is 1. The Morgan fingerprint density at radius 2 is 0.800 bits per heavy atom. The molecule has 0 aliphatic heterocycles. The van der Waals surface area contributed by atoms with Crippen molar-refractivity contribution in [3.63, 3.8) is 0 Å². The first-order chi connectivity index (χ1) is 32.0. The van der Waals surface area contributed by atoms with Crippen molar-refractivity contribution < 1.29 is 24.5 Å². The highest BCUT2D eigenvalue weighted by Gasteiger charge is 2.20. The lowest BCUT2D eigenvalue weighted by Crippen LogP contribution is -2.45. The fraction of sp³-hybridized carbons (Fsp3) is 0.898. The Bertz CT molecular complexity index is 1010. The number of carbonyl (C=O) groups is 2. The Kier molecular flexibility index (Phi) is 53.5. The molecular formula is C59H113NO5. The number of aliphatic hydroxyl groups is 2. The Labute approximate surface area is 405 Å². The zero-order chi connectivity index (χ0) is 47.2. The minimum atomic E-state index is -0.667. The first-order valence-electron chi connectivity index (χ1n) is 29.1. The largest absolute Gasteiger partial charge is 0.466 e. The number of carbonyl (C=O) groups excluding carboxylic acids is 2. The Morgan fingerprint density at radius 3 is 1.23 bits per heavy atom. The van der Waals surface area contributed by atoms with Crippen LogP contribution in [0.15, 0.2) is 24.3 Å². The molecule has 0 heterocycles. The van der Waals surface area contributed by atoms with Crippen LogP contribution in [0.2, 0.25) is 0 Å². The van der Waals surface area contributed by atoms with Crippen LogP contribution in [0, 0.1) is 0 Å². The van der Waals surface area contributed by atoms with E-state index in [9.17, 15) is 19.8 Å². The minimum Gasteiger partial charge on any atom is -0.466 e. The van der Waals surface area contributed by atoms with Crippen LogP contribution in [0.1, 0.15) is 316 Å². The van der Waals surface area contributed by atoms with Gasteiger partial charge >= 0.3 is 5.97 Å². The van der Waals surface area contributed by atoms with Crippen molar-refractivity contribution >= 4 is 11.9 Å². The van der Waals surface area contributed by atoms with E-state index in [1.54, 1.807) is 0 Å². The average Bonchev–Trinajstić information content (AvgIpc) is 3.31. The summed E-state index contributed by atoms with van der Waals surface area (Å²) in [7, 11) is 0. The number of amides is 1. The molecule has 6 heteroatoms. The zero-order valence-electron chi connectivity index (χ0n) is 43.7. The molecule has 2 atom stereocenters. The van der Waals surface area contributed by atoms with E-state index in [1.165, 1.54) is 231 Å². The van der Waals surface area contributed by atoms with Gasteiger partial charge in [-0.15, -0.1) is 0 Å². The average molecular weight is 917 g/mol. The SMILES string of the molecule is CCC/C=C\C/C=C\CCCCCCCC(=O)OCCCCCCCCCCCCCCCCCCCCC(=O)NC(CO)C(O)CCCCCCCCCCCCCCCCCCC. The van der Waals surface area contributed by atoms with Crippen molar-refractivity contribution in [2.24, 2.45) is 0 Å². The molecule has 0 aromatic carbocycles. The maximum Gasteiger partial charge on any atom is 0.305 e. The molecule has 6 nitrogen and oxygen atoms in total. The molecule has 0 rings (SSSR count). The third-order valence-electron chi connectivity index (χ3n) is 13.5. The Balaban J connectivity index is 3.42. The number of unbranched alkanes of at least 4 members (excludes halogenated alkanes) is 39. The lowest BCUT2D eigenvalue weighted by Gasteiger charge is -2.22. The summed E-state index contributed by atoms with van der Waals surface area (Å²) in [6.07, 6.45) is 65.9. The molecule has 0 fully saturated rings. The summed E-state index contributed by atoms with van der Waals surface area (Å²) < 4.78 is 5.46. The monoisotopic (exact) mass is 916 g/mol. The summed E-state index contributed by atoms with van der Waals surface area (Å²) in [4.78, 5) is 24.5. The smallest absolute Gasteiger partial charge is 0.305 e. The molecule has 0 aliphatic carbocycles. The van der Waals surface area contributed by atoms with Gasteiger partial charge in [0.1, 0.15) is 0 Å². The summed E-state index contributed by atoms with van der Waals surface area (Å²) in [6, 6.07) is -0.545. The summed E-state index contributed by atoms with van der Waals surface area (Å²) in [5.41, 5.74) is 0. The summed E-state index contributed by atoms with van der Waals surface area (Å²) in [5, 5.41) is 23.3. The maximum atomic E-state index is 12.5. The van der Waals surface area contributed by atoms with Crippen molar-refractivity contribution in [3.05, 3.63) is 24.3 Å². The van der Waals surface area contributed by atoms with Gasteiger partial charge in [0.15, 0.2) is 0 Å². The van der Waals surface area contributed by atoms with Crippen molar-refractivity contribution in [2.45, 2.75) is 328 Å². The van der Waals surface area contributed by atoms with E-state index < -0.39 is 12.1 Å². The van der Waals surface area contributed by atoms with Crippen molar-refractivity contribution in [1.82, 2.24) is 5.32 Å². The van der Waals surface area contributed by atoms with Gasteiger partial charge < -0.3 is 20.3 Å². The van der Waals surface area contributed by atoms with Crippen molar-refractivity contribution in [3.8, 4) is 0 Å². The molecule has 0 spiro atoms. The Morgan fingerprint density at radius 1 is 0.431 bits per heavy atom. The van der Waals surface area contributed by atoms with Gasteiger partial charge in [-0.3, -0.25) is 9.59 Å². The lowest BCUT2D eigenvalue weighted by molar-refractivity contribution is -0.143. The molecule has 0 saturated heterocycles. The molecule has 65 heavy (non-hydrogen) atoms. The second-order valence-electron chi connectivity index (χ2n) is 20.0. The van der Waals surface area contributed by atoms with Crippen LogP contribution in [0.3, 0.4) is 0 Å². The first-order valence-corrected chi connectivity index (χ1v) is 29.1. The van der Waals surface area contributed by atoms with Gasteiger partial charge in [0, 0.05) is 12.8 Å². The maximum absolute atomic E-state index is 12.5.